The number of primary amides is 1. The average Bonchev–Trinajstić information content (AvgIpc) is 2.55. The molecule has 6 nitrogen and oxygen atoms in total. The number of ether oxygens (including phenoxy) is 1. The van der Waals surface area contributed by atoms with Gasteiger partial charge in [0.05, 0.1) is 18.8 Å². The van der Waals surface area contributed by atoms with E-state index >= 15 is 0 Å². The largest absolute Gasteiger partial charge is 0.477 e. The number of piperidine rings is 1. The van der Waals surface area contributed by atoms with Crippen molar-refractivity contribution in [2.75, 3.05) is 24.5 Å². The summed E-state index contributed by atoms with van der Waals surface area (Å²) in [6.07, 6.45) is 2.67. The van der Waals surface area contributed by atoms with Gasteiger partial charge in [0, 0.05) is 6.04 Å². The highest BCUT2D eigenvalue weighted by Gasteiger charge is 2.33. The Bertz CT molecular complexity index is 605. The molecule has 2 N–H and O–H groups in total. The highest BCUT2D eigenvalue weighted by molar-refractivity contribution is 5.98. The molecule has 3 rings (SSSR count). The standard InChI is InChI=1S/C17H23N3O3/c1-12-6-4-5-9-19(12)11-16(21)20-10-15(17(18)22)23-14-8-3-2-7-13(14)20/h2-3,7-8,12,15H,4-6,9-11H2,1H3,(H2,18,22)/t12-,15+/m0/s1. The van der Waals surface area contributed by atoms with Gasteiger partial charge in [0.2, 0.25) is 5.91 Å². The summed E-state index contributed by atoms with van der Waals surface area (Å²) in [4.78, 5) is 28.2. The Morgan fingerprint density at radius 2 is 2.09 bits per heavy atom. The zero-order valence-electron chi connectivity index (χ0n) is 13.4. The van der Waals surface area contributed by atoms with Crippen LogP contribution in [0.4, 0.5) is 5.69 Å². The quantitative estimate of drug-likeness (QED) is 0.907. The first-order valence-corrected chi connectivity index (χ1v) is 8.15. The summed E-state index contributed by atoms with van der Waals surface area (Å²) < 4.78 is 5.60. The third-order valence-corrected chi connectivity index (χ3v) is 4.67. The molecule has 0 saturated carbocycles. The second kappa shape index (κ2) is 6.58. The Morgan fingerprint density at radius 3 is 2.83 bits per heavy atom. The minimum atomic E-state index is -0.798. The van der Waals surface area contributed by atoms with Crippen LogP contribution < -0.4 is 15.4 Å². The fourth-order valence-electron chi connectivity index (χ4n) is 3.27. The first kappa shape index (κ1) is 15.8. The first-order chi connectivity index (χ1) is 11.1. The monoisotopic (exact) mass is 317 g/mol. The summed E-state index contributed by atoms with van der Waals surface area (Å²) in [5.74, 6) is -0.0352. The number of rotatable bonds is 3. The van der Waals surface area contributed by atoms with E-state index in [2.05, 4.69) is 11.8 Å². The lowest BCUT2D eigenvalue weighted by molar-refractivity contribution is -0.125. The highest BCUT2D eigenvalue weighted by Crippen LogP contribution is 2.33. The number of likely N-dealkylation sites (tertiary alicyclic amines) is 1. The van der Waals surface area contributed by atoms with Gasteiger partial charge in [-0.3, -0.25) is 14.5 Å². The molecule has 2 aliphatic heterocycles. The summed E-state index contributed by atoms with van der Waals surface area (Å²) >= 11 is 0. The SMILES string of the molecule is C[C@H]1CCCCN1CC(=O)N1C[C@H](C(N)=O)Oc2ccccc21. The molecule has 0 radical (unpaired) electrons. The lowest BCUT2D eigenvalue weighted by Gasteiger charge is -2.37. The second-order valence-electron chi connectivity index (χ2n) is 6.30. The second-order valence-corrected chi connectivity index (χ2v) is 6.30. The minimum Gasteiger partial charge on any atom is -0.477 e. The summed E-state index contributed by atoms with van der Waals surface area (Å²) in [6, 6.07) is 7.68. The van der Waals surface area contributed by atoms with Crippen LogP contribution in [-0.2, 0) is 9.59 Å². The van der Waals surface area contributed by atoms with Crippen molar-refractivity contribution in [3.8, 4) is 5.75 Å². The molecule has 0 bridgehead atoms. The van der Waals surface area contributed by atoms with E-state index in [0.29, 0.717) is 24.0 Å². The number of carbonyl (C=O) groups is 2. The zero-order chi connectivity index (χ0) is 16.4. The number of benzene rings is 1. The Kier molecular flexibility index (Phi) is 4.52. The van der Waals surface area contributed by atoms with Crippen molar-refractivity contribution >= 4 is 17.5 Å². The van der Waals surface area contributed by atoms with E-state index in [4.69, 9.17) is 10.5 Å². The molecule has 0 aromatic heterocycles. The maximum atomic E-state index is 12.8. The van der Waals surface area contributed by atoms with Gasteiger partial charge >= 0.3 is 0 Å². The number of amides is 2. The predicted molar refractivity (Wildman–Crippen MR) is 87.3 cm³/mol. The van der Waals surface area contributed by atoms with Crippen LogP contribution in [0.3, 0.4) is 0 Å². The van der Waals surface area contributed by atoms with Crippen molar-refractivity contribution < 1.29 is 14.3 Å². The molecule has 2 heterocycles. The van der Waals surface area contributed by atoms with Crippen molar-refractivity contribution in [2.45, 2.75) is 38.3 Å². The van der Waals surface area contributed by atoms with Gasteiger partial charge in [-0.25, -0.2) is 0 Å². The van der Waals surface area contributed by atoms with Gasteiger partial charge in [0.25, 0.3) is 5.91 Å². The van der Waals surface area contributed by atoms with E-state index in [-0.39, 0.29) is 12.5 Å². The van der Waals surface area contributed by atoms with E-state index in [1.165, 1.54) is 6.42 Å². The predicted octanol–water partition coefficient (Wildman–Crippen LogP) is 1.14. The van der Waals surface area contributed by atoms with Gasteiger partial charge in [-0.05, 0) is 38.4 Å². The molecule has 23 heavy (non-hydrogen) atoms. The molecular weight excluding hydrogens is 294 g/mol. The molecule has 1 aromatic carbocycles. The number of hydrogen-bond donors (Lipinski definition) is 1. The summed E-state index contributed by atoms with van der Waals surface area (Å²) in [6.45, 7) is 3.64. The fourth-order valence-corrected chi connectivity index (χ4v) is 3.27. The molecule has 6 heteroatoms. The van der Waals surface area contributed by atoms with Crippen molar-refractivity contribution in [2.24, 2.45) is 5.73 Å². The first-order valence-electron chi connectivity index (χ1n) is 8.15. The number of anilines is 1. The Hall–Kier alpha value is -2.08. The molecular formula is C17H23N3O3. The Morgan fingerprint density at radius 1 is 1.30 bits per heavy atom. The molecule has 2 aliphatic rings. The average molecular weight is 317 g/mol. The molecule has 0 aliphatic carbocycles. The summed E-state index contributed by atoms with van der Waals surface area (Å²) in [5.41, 5.74) is 6.09. The van der Waals surface area contributed by atoms with Gasteiger partial charge in [0.1, 0.15) is 5.75 Å². The normalized spacial score (nSPS) is 24.7. The molecule has 0 spiro atoms. The molecule has 1 fully saturated rings. The van der Waals surface area contributed by atoms with E-state index in [1.807, 2.05) is 18.2 Å². The Balaban J connectivity index is 1.79. The summed E-state index contributed by atoms with van der Waals surface area (Å²) in [7, 11) is 0. The topological polar surface area (TPSA) is 75.9 Å². The van der Waals surface area contributed by atoms with Crippen LogP contribution in [-0.4, -0.2) is 48.5 Å². The van der Waals surface area contributed by atoms with Crippen molar-refractivity contribution in [1.29, 1.82) is 0 Å². The van der Waals surface area contributed by atoms with Crippen molar-refractivity contribution in [3.05, 3.63) is 24.3 Å². The Labute approximate surface area is 136 Å². The minimum absolute atomic E-state index is 0.0132. The fraction of sp³-hybridized carbons (Fsp3) is 0.529. The smallest absolute Gasteiger partial charge is 0.260 e. The van der Waals surface area contributed by atoms with Crippen molar-refractivity contribution in [1.82, 2.24) is 4.90 Å². The van der Waals surface area contributed by atoms with Crippen LogP contribution in [0.25, 0.3) is 0 Å². The van der Waals surface area contributed by atoms with Crippen LogP contribution in [0, 0.1) is 0 Å². The molecule has 1 saturated heterocycles. The lowest BCUT2D eigenvalue weighted by atomic mass is 10.0. The molecule has 124 valence electrons. The maximum absolute atomic E-state index is 12.8. The third-order valence-electron chi connectivity index (χ3n) is 4.67. The van der Waals surface area contributed by atoms with Crippen LogP contribution in [0.15, 0.2) is 24.3 Å². The number of carbonyl (C=O) groups excluding carboxylic acids is 2. The van der Waals surface area contributed by atoms with Crippen molar-refractivity contribution in [3.63, 3.8) is 0 Å². The summed E-state index contributed by atoms with van der Waals surface area (Å²) in [5, 5.41) is 0. The molecule has 2 atom stereocenters. The molecule has 2 amide bonds. The van der Waals surface area contributed by atoms with Crippen LogP contribution in [0.2, 0.25) is 0 Å². The van der Waals surface area contributed by atoms with E-state index in [9.17, 15) is 9.59 Å². The van der Waals surface area contributed by atoms with Gasteiger partial charge in [-0.15, -0.1) is 0 Å². The van der Waals surface area contributed by atoms with Gasteiger partial charge < -0.3 is 15.4 Å². The van der Waals surface area contributed by atoms with Gasteiger partial charge in [-0.1, -0.05) is 18.6 Å². The number of nitrogens with zero attached hydrogens (tertiary/aromatic N) is 2. The maximum Gasteiger partial charge on any atom is 0.260 e. The van der Waals surface area contributed by atoms with E-state index in [0.717, 1.165) is 19.4 Å². The number of fused-ring (bicyclic) bond motifs is 1. The zero-order valence-corrected chi connectivity index (χ0v) is 13.4. The number of hydrogen-bond acceptors (Lipinski definition) is 4. The van der Waals surface area contributed by atoms with Crippen LogP contribution in [0.1, 0.15) is 26.2 Å². The highest BCUT2D eigenvalue weighted by atomic mass is 16.5. The van der Waals surface area contributed by atoms with Crippen LogP contribution in [0.5, 0.6) is 5.75 Å². The van der Waals surface area contributed by atoms with E-state index in [1.54, 1.807) is 11.0 Å². The number of para-hydroxylation sites is 2. The molecule has 0 unspecified atom stereocenters. The van der Waals surface area contributed by atoms with E-state index < -0.39 is 12.0 Å². The van der Waals surface area contributed by atoms with Crippen LogP contribution >= 0.6 is 0 Å². The third kappa shape index (κ3) is 3.32. The van der Waals surface area contributed by atoms with Gasteiger partial charge in [-0.2, -0.15) is 0 Å². The lowest BCUT2D eigenvalue weighted by Crippen LogP contribution is -2.52. The molecule has 1 aromatic rings. The number of nitrogens with two attached hydrogens (primary N) is 1. The van der Waals surface area contributed by atoms with Gasteiger partial charge in [0.15, 0.2) is 6.10 Å².